The van der Waals surface area contributed by atoms with Crippen molar-refractivity contribution < 1.29 is 28.0 Å². The SMILES string of the molecule is CCCCCCC[N+](C)(C)CCOC(=O)CCC(=O)OCC[N+](C)(C)CCCCCCC. The Hall–Kier alpha value is -1.14. The summed E-state index contributed by atoms with van der Waals surface area (Å²) in [6.07, 6.45) is 12.9. The largest absolute Gasteiger partial charge is 0.460 e. The number of esters is 2. The van der Waals surface area contributed by atoms with Gasteiger partial charge in [-0.05, 0) is 25.7 Å². The number of carbonyl (C=O) groups excluding carboxylic acids is 2. The fourth-order valence-corrected chi connectivity index (χ4v) is 3.67. The number of hydrogen-bond acceptors (Lipinski definition) is 4. The van der Waals surface area contributed by atoms with Gasteiger partial charge in [-0.25, -0.2) is 0 Å². The molecule has 0 saturated carbocycles. The first-order valence-electron chi connectivity index (χ1n) is 13.1. The fraction of sp³-hybridized carbons (Fsp3) is 0.923. The summed E-state index contributed by atoms with van der Waals surface area (Å²) < 4.78 is 12.4. The molecule has 32 heavy (non-hydrogen) atoms. The summed E-state index contributed by atoms with van der Waals surface area (Å²) in [5.74, 6) is -0.624. The van der Waals surface area contributed by atoms with Gasteiger partial charge in [-0.1, -0.05) is 52.4 Å². The molecule has 6 heteroatoms. The molecule has 0 spiro atoms. The highest BCUT2D eigenvalue weighted by Gasteiger charge is 2.18. The predicted octanol–water partition coefficient (Wildman–Crippen LogP) is 4.95. The van der Waals surface area contributed by atoms with Crippen molar-refractivity contribution >= 4 is 11.9 Å². The van der Waals surface area contributed by atoms with Crippen LogP contribution in [-0.4, -0.2) is 88.5 Å². The number of ether oxygens (including phenoxy) is 2. The summed E-state index contributed by atoms with van der Waals surface area (Å²) in [6, 6.07) is 0. The van der Waals surface area contributed by atoms with Crippen LogP contribution in [0.5, 0.6) is 0 Å². The second kappa shape index (κ2) is 18.3. The number of hydrogen-bond donors (Lipinski definition) is 0. The molecule has 0 heterocycles. The summed E-state index contributed by atoms with van der Waals surface area (Å²) >= 11 is 0. The average Bonchev–Trinajstić information content (AvgIpc) is 2.71. The average molecular weight is 459 g/mol. The minimum atomic E-state index is -0.312. The third-order valence-corrected chi connectivity index (χ3v) is 6.19. The first kappa shape index (κ1) is 30.9. The Balaban J connectivity index is 3.83. The third-order valence-electron chi connectivity index (χ3n) is 6.19. The Bertz CT molecular complexity index is 448. The topological polar surface area (TPSA) is 52.6 Å². The predicted molar refractivity (Wildman–Crippen MR) is 132 cm³/mol. The van der Waals surface area contributed by atoms with Gasteiger partial charge in [-0.3, -0.25) is 9.59 Å². The standard InChI is InChI=1S/C26H54N2O4/c1-7-9-11-13-15-19-27(3,4)21-23-31-25(29)17-18-26(30)32-24-22-28(5,6)20-16-14-12-10-8-2/h7-24H2,1-6H3/q+2. The van der Waals surface area contributed by atoms with Crippen molar-refractivity contribution in [1.82, 2.24) is 0 Å². The van der Waals surface area contributed by atoms with Gasteiger partial charge in [0.1, 0.15) is 26.3 Å². The van der Waals surface area contributed by atoms with Gasteiger partial charge in [-0.2, -0.15) is 0 Å². The van der Waals surface area contributed by atoms with Gasteiger partial charge in [0.15, 0.2) is 0 Å². The molecule has 0 unspecified atom stereocenters. The first-order valence-corrected chi connectivity index (χ1v) is 13.1. The number of unbranched alkanes of at least 4 members (excludes halogenated alkanes) is 8. The molecular formula is C26H54N2O4+2. The maximum absolute atomic E-state index is 12.0. The molecule has 0 aromatic carbocycles. The summed E-state index contributed by atoms with van der Waals surface area (Å²) in [4.78, 5) is 23.9. The summed E-state index contributed by atoms with van der Waals surface area (Å²) in [7, 11) is 8.71. The van der Waals surface area contributed by atoms with Crippen molar-refractivity contribution in [3.63, 3.8) is 0 Å². The van der Waals surface area contributed by atoms with Crippen LogP contribution < -0.4 is 0 Å². The minimum absolute atomic E-state index is 0.0962. The lowest BCUT2D eigenvalue weighted by atomic mass is 10.1. The Morgan fingerprint density at radius 2 is 0.875 bits per heavy atom. The highest BCUT2D eigenvalue weighted by molar-refractivity contribution is 5.77. The number of rotatable bonds is 21. The lowest BCUT2D eigenvalue weighted by Gasteiger charge is -2.29. The second-order valence-electron chi connectivity index (χ2n) is 10.5. The van der Waals surface area contributed by atoms with Crippen LogP contribution in [0.3, 0.4) is 0 Å². The maximum atomic E-state index is 12.0. The molecule has 0 saturated heterocycles. The van der Waals surface area contributed by atoms with E-state index in [1.807, 2.05) is 0 Å². The van der Waals surface area contributed by atoms with Crippen LogP contribution in [0, 0.1) is 0 Å². The zero-order chi connectivity index (χ0) is 24.3. The van der Waals surface area contributed by atoms with E-state index >= 15 is 0 Å². The number of likely N-dealkylation sites (N-methyl/N-ethyl adjacent to an activating group) is 2. The molecule has 0 amide bonds. The monoisotopic (exact) mass is 458 g/mol. The maximum Gasteiger partial charge on any atom is 0.306 e. The molecule has 0 radical (unpaired) electrons. The zero-order valence-corrected chi connectivity index (χ0v) is 22.3. The smallest absolute Gasteiger partial charge is 0.306 e. The van der Waals surface area contributed by atoms with Crippen molar-refractivity contribution in [1.29, 1.82) is 0 Å². The van der Waals surface area contributed by atoms with E-state index in [2.05, 4.69) is 42.0 Å². The molecule has 0 N–H and O–H groups in total. The molecule has 0 aromatic rings. The molecular weight excluding hydrogens is 404 g/mol. The number of nitrogens with zero attached hydrogens (tertiary/aromatic N) is 2. The minimum Gasteiger partial charge on any atom is -0.460 e. The molecule has 0 aromatic heterocycles. The van der Waals surface area contributed by atoms with Crippen molar-refractivity contribution in [3.05, 3.63) is 0 Å². The van der Waals surface area contributed by atoms with Gasteiger partial charge < -0.3 is 18.4 Å². The molecule has 0 aliphatic heterocycles. The van der Waals surface area contributed by atoms with Crippen LogP contribution in [0.4, 0.5) is 0 Å². The van der Waals surface area contributed by atoms with E-state index in [0.29, 0.717) is 13.2 Å². The van der Waals surface area contributed by atoms with E-state index in [9.17, 15) is 9.59 Å². The Morgan fingerprint density at radius 1 is 0.531 bits per heavy atom. The van der Waals surface area contributed by atoms with Gasteiger partial charge in [-0.15, -0.1) is 0 Å². The van der Waals surface area contributed by atoms with Crippen molar-refractivity contribution in [3.8, 4) is 0 Å². The third kappa shape index (κ3) is 19.5. The molecule has 0 atom stereocenters. The van der Waals surface area contributed by atoms with Gasteiger partial charge in [0, 0.05) is 0 Å². The molecule has 0 fully saturated rings. The van der Waals surface area contributed by atoms with E-state index < -0.39 is 0 Å². The van der Waals surface area contributed by atoms with Crippen molar-refractivity contribution in [2.24, 2.45) is 0 Å². The summed E-state index contributed by atoms with van der Waals surface area (Å²) in [5, 5.41) is 0. The van der Waals surface area contributed by atoms with Crippen LogP contribution in [0.1, 0.15) is 90.9 Å². The van der Waals surface area contributed by atoms with Gasteiger partial charge in [0.2, 0.25) is 0 Å². The van der Waals surface area contributed by atoms with Crippen molar-refractivity contribution in [2.45, 2.75) is 90.9 Å². The van der Waals surface area contributed by atoms with Gasteiger partial charge in [0.05, 0.1) is 54.1 Å². The number of quaternary nitrogens is 2. The van der Waals surface area contributed by atoms with E-state index in [1.54, 1.807) is 0 Å². The Labute approximate surface area is 198 Å². The molecule has 0 aliphatic rings. The molecule has 190 valence electrons. The fourth-order valence-electron chi connectivity index (χ4n) is 3.67. The summed E-state index contributed by atoms with van der Waals surface area (Å²) in [6.45, 7) is 9.06. The van der Waals surface area contributed by atoms with Gasteiger partial charge in [0.25, 0.3) is 0 Å². The van der Waals surface area contributed by atoms with E-state index in [0.717, 1.165) is 35.1 Å². The molecule has 6 nitrogen and oxygen atoms in total. The van der Waals surface area contributed by atoms with E-state index in [4.69, 9.17) is 9.47 Å². The Kier molecular flexibility index (Phi) is 17.7. The van der Waals surface area contributed by atoms with Crippen LogP contribution >= 0.6 is 0 Å². The lowest BCUT2D eigenvalue weighted by molar-refractivity contribution is -0.890. The lowest BCUT2D eigenvalue weighted by Crippen LogP contribution is -2.43. The van der Waals surface area contributed by atoms with E-state index in [1.165, 1.54) is 64.2 Å². The highest BCUT2D eigenvalue weighted by Crippen LogP contribution is 2.08. The zero-order valence-electron chi connectivity index (χ0n) is 22.3. The number of carbonyl (C=O) groups is 2. The van der Waals surface area contributed by atoms with Crippen molar-refractivity contribution in [2.75, 3.05) is 67.6 Å². The molecule has 0 bridgehead atoms. The molecule has 0 rings (SSSR count). The van der Waals surface area contributed by atoms with Crippen LogP contribution in [0.15, 0.2) is 0 Å². The Morgan fingerprint density at radius 3 is 1.22 bits per heavy atom. The molecule has 0 aliphatic carbocycles. The van der Waals surface area contributed by atoms with Gasteiger partial charge >= 0.3 is 11.9 Å². The second-order valence-corrected chi connectivity index (χ2v) is 10.5. The highest BCUT2D eigenvalue weighted by atomic mass is 16.5. The summed E-state index contributed by atoms with van der Waals surface area (Å²) in [5.41, 5.74) is 0. The van der Waals surface area contributed by atoms with E-state index in [-0.39, 0.29) is 24.8 Å². The van der Waals surface area contributed by atoms with Crippen LogP contribution in [0.25, 0.3) is 0 Å². The van der Waals surface area contributed by atoms with Crippen LogP contribution in [0.2, 0.25) is 0 Å². The quantitative estimate of drug-likeness (QED) is 0.139. The normalized spacial score (nSPS) is 12.1. The first-order chi connectivity index (χ1) is 15.1. The van der Waals surface area contributed by atoms with Crippen LogP contribution in [-0.2, 0) is 19.1 Å².